The minimum atomic E-state index is 0.303. The largest absolute Gasteiger partial charge is 0.383 e. The van der Waals surface area contributed by atoms with Crippen LogP contribution in [-0.4, -0.2) is 13.1 Å². The topological polar surface area (TPSA) is 24.1 Å². The van der Waals surface area contributed by atoms with Crippen molar-refractivity contribution in [3.05, 3.63) is 24.3 Å². The van der Waals surface area contributed by atoms with E-state index in [-0.39, 0.29) is 0 Å². The van der Waals surface area contributed by atoms with Crippen LogP contribution in [0.15, 0.2) is 24.3 Å². The van der Waals surface area contributed by atoms with Crippen molar-refractivity contribution < 1.29 is 0 Å². The van der Waals surface area contributed by atoms with Gasteiger partial charge in [0.1, 0.15) is 0 Å². The van der Waals surface area contributed by atoms with Gasteiger partial charge in [0, 0.05) is 13.1 Å². The zero-order chi connectivity index (χ0) is 12.0. The molecule has 0 aliphatic rings. The van der Waals surface area contributed by atoms with Crippen molar-refractivity contribution in [1.29, 1.82) is 0 Å². The summed E-state index contributed by atoms with van der Waals surface area (Å²) < 4.78 is 0. The van der Waals surface area contributed by atoms with Gasteiger partial charge in [0.2, 0.25) is 0 Å². The van der Waals surface area contributed by atoms with Crippen LogP contribution >= 0.6 is 0 Å². The van der Waals surface area contributed by atoms with E-state index in [1.54, 1.807) is 0 Å². The Bertz CT molecular complexity index is 313. The summed E-state index contributed by atoms with van der Waals surface area (Å²) in [5.74, 6) is 0. The van der Waals surface area contributed by atoms with E-state index >= 15 is 0 Å². The molecule has 0 atom stereocenters. The number of hydrogen-bond donors (Lipinski definition) is 2. The fourth-order valence-corrected chi connectivity index (χ4v) is 1.41. The molecule has 90 valence electrons. The van der Waals surface area contributed by atoms with Crippen LogP contribution in [-0.2, 0) is 0 Å². The van der Waals surface area contributed by atoms with Gasteiger partial charge in [0.05, 0.1) is 11.4 Å². The Balaban J connectivity index is 2.63. The highest BCUT2D eigenvalue weighted by Gasteiger charge is 2.10. The van der Waals surface area contributed by atoms with E-state index < -0.39 is 0 Å². The summed E-state index contributed by atoms with van der Waals surface area (Å²) in [6.07, 6.45) is 1.15. The molecular formula is C14H24N2. The van der Waals surface area contributed by atoms with Gasteiger partial charge in [0.25, 0.3) is 0 Å². The van der Waals surface area contributed by atoms with Crippen molar-refractivity contribution >= 4 is 11.4 Å². The molecule has 2 N–H and O–H groups in total. The Morgan fingerprint density at radius 1 is 1.00 bits per heavy atom. The van der Waals surface area contributed by atoms with Gasteiger partial charge in [-0.05, 0) is 24.0 Å². The zero-order valence-electron chi connectivity index (χ0n) is 10.9. The summed E-state index contributed by atoms with van der Waals surface area (Å²) in [6.45, 7) is 10.9. The lowest BCUT2D eigenvalue weighted by Gasteiger charge is -2.21. The summed E-state index contributed by atoms with van der Waals surface area (Å²) in [7, 11) is 0. The SMILES string of the molecule is CCCNc1ccccc1NCC(C)(C)C. The quantitative estimate of drug-likeness (QED) is 0.784. The number of benzene rings is 1. The number of hydrogen-bond acceptors (Lipinski definition) is 2. The molecule has 1 aromatic carbocycles. The van der Waals surface area contributed by atoms with Gasteiger partial charge in [-0.3, -0.25) is 0 Å². The molecule has 2 heteroatoms. The van der Waals surface area contributed by atoms with Crippen LogP contribution in [0.3, 0.4) is 0 Å². The Morgan fingerprint density at radius 2 is 1.56 bits per heavy atom. The third-order valence-corrected chi connectivity index (χ3v) is 2.30. The smallest absolute Gasteiger partial charge is 0.0576 e. The van der Waals surface area contributed by atoms with E-state index in [2.05, 4.69) is 62.6 Å². The first-order valence-electron chi connectivity index (χ1n) is 6.10. The molecule has 0 bridgehead atoms. The summed E-state index contributed by atoms with van der Waals surface area (Å²) in [5.41, 5.74) is 2.71. The molecule has 2 nitrogen and oxygen atoms in total. The summed E-state index contributed by atoms with van der Waals surface area (Å²) in [4.78, 5) is 0. The lowest BCUT2D eigenvalue weighted by atomic mass is 9.97. The van der Waals surface area contributed by atoms with Crippen molar-refractivity contribution in [2.75, 3.05) is 23.7 Å². The highest BCUT2D eigenvalue weighted by Crippen LogP contribution is 2.23. The lowest BCUT2D eigenvalue weighted by molar-refractivity contribution is 0.443. The predicted octanol–water partition coefficient (Wildman–Crippen LogP) is 3.97. The monoisotopic (exact) mass is 220 g/mol. The highest BCUT2D eigenvalue weighted by molar-refractivity contribution is 5.68. The van der Waals surface area contributed by atoms with Crippen LogP contribution in [0, 0.1) is 5.41 Å². The molecule has 16 heavy (non-hydrogen) atoms. The van der Waals surface area contributed by atoms with E-state index in [1.807, 2.05) is 0 Å². The summed E-state index contributed by atoms with van der Waals surface area (Å²) in [5, 5.41) is 6.94. The molecule has 0 saturated carbocycles. The lowest BCUT2D eigenvalue weighted by Crippen LogP contribution is -2.19. The molecule has 1 rings (SSSR count). The van der Waals surface area contributed by atoms with Gasteiger partial charge < -0.3 is 10.6 Å². The highest BCUT2D eigenvalue weighted by atomic mass is 15.0. The average molecular weight is 220 g/mol. The molecular weight excluding hydrogens is 196 g/mol. The molecule has 0 aromatic heterocycles. The first-order chi connectivity index (χ1) is 7.53. The van der Waals surface area contributed by atoms with E-state index in [1.165, 1.54) is 11.4 Å². The van der Waals surface area contributed by atoms with Crippen LogP contribution in [0.4, 0.5) is 11.4 Å². The molecule has 0 saturated heterocycles. The normalized spacial score (nSPS) is 11.2. The number of para-hydroxylation sites is 2. The molecule has 0 unspecified atom stereocenters. The second-order valence-electron chi connectivity index (χ2n) is 5.39. The zero-order valence-corrected chi connectivity index (χ0v) is 10.9. The van der Waals surface area contributed by atoms with E-state index in [0.29, 0.717) is 5.41 Å². The minimum absolute atomic E-state index is 0.303. The maximum atomic E-state index is 3.50. The molecule has 1 aromatic rings. The molecule has 0 fully saturated rings. The van der Waals surface area contributed by atoms with Crippen molar-refractivity contribution in [3.63, 3.8) is 0 Å². The summed E-state index contributed by atoms with van der Waals surface area (Å²) >= 11 is 0. The molecule has 0 spiro atoms. The second kappa shape index (κ2) is 5.78. The average Bonchev–Trinajstić information content (AvgIpc) is 2.23. The summed E-state index contributed by atoms with van der Waals surface area (Å²) in [6, 6.07) is 8.40. The van der Waals surface area contributed by atoms with Crippen LogP contribution in [0.25, 0.3) is 0 Å². The van der Waals surface area contributed by atoms with E-state index in [4.69, 9.17) is 0 Å². The minimum Gasteiger partial charge on any atom is -0.383 e. The van der Waals surface area contributed by atoms with E-state index in [0.717, 1.165) is 19.5 Å². The Hall–Kier alpha value is -1.18. The number of anilines is 2. The fraction of sp³-hybridized carbons (Fsp3) is 0.571. The van der Waals surface area contributed by atoms with Gasteiger partial charge in [-0.2, -0.15) is 0 Å². The van der Waals surface area contributed by atoms with Gasteiger partial charge in [-0.1, -0.05) is 39.8 Å². The first-order valence-corrected chi connectivity index (χ1v) is 6.10. The number of rotatable bonds is 5. The van der Waals surface area contributed by atoms with Crippen molar-refractivity contribution in [2.24, 2.45) is 5.41 Å². The Kier molecular flexibility index (Phi) is 4.66. The fourth-order valence-electron chi connectivity index (χ4n) is 1.41. The molecule has 0 aliphatic carbocycles. The third kappa shape index (κ3) is 4.56. The first kappa shape index (κ1) is 12.9. The van der Waals surface area contributed by atoms with Crippen molar-refractivity contribution in [3.8, 4) is 0 Å². The van der Waals surface area contributed by atoms with Gasteiger partial charge in [-0.15, -0.1) is 0 Å². The van der Waals surface area contributed by atoms with Crippen LogP contribution in [0.1, 0.15) is 34.1 Å². The predicted molar refractivity (Wildman–Crippen MR) is 73.2 cm³/mol. The van der Waals surface area contributed by atoms with Crippen molar-refractivity contribution in [1.82, 2.24) is 0 Å². The molecule has 0 radical (unpaired) electrons. The second-order valence-corrected chi connectivity index (χ2v) is 5.39. The maximum Gasteiger partial charge on any atom is 0.0576 e. The van der Waals surface area contributed by atoms with Gasteiger partial charge >= 0.3 is 0 Å². The standard InChI is InChI=1S/C14H24N2/c1-5-10-15-12-8-6-7-9-13(12)16-11-14(2,3)4/h6-9,15-16H,5,10-11H2,1-4H3. The molecule has 0 aliphatic heterocycles. The third-order valence-electron chi connectivity index (χ3n) is 2.30. The maximum absolute atomic E-state index is 3.50. The molecule has 0 amide bonds. The van der Waals surface area contributed by atoms with Crippen LogP contribution in [0.5, 0.6) is 0 Å². The van der Waals surface area contributed by atoms with Crippen molar-refractivity contribution in [2.45, 2.75) is 34.1 Å². The van der Waals surface area contributed by atoms with Crippen LogP contribution < -0.4 is 10.6 Å². The Morgan fingerprint density at radius 3 is 2.06 bits per heavy atom. The Labute approximate surface area is 99.5 Å². The van der Waals surface area contributed by atoms with Gasteiger partial charge in [-0.25, -0.2) is 0 Å². The van der Waals surface area contributed by atoms with Crippen LogP contribution in [0.2, 0.25) is 0 Å². The number of nitrogens with one attached hydrogen (secondary N) is 2. The molecule has 0 heterocycles. The van der Waals surface area contributed by atoms with Gasteiger partial charge in [0.15, 0.2) is 0 Å². The van der Waals surface area contributed by atoms with E-state index in [9.17, 15) is 0 Å².